The first kappa shape index (κ1) is 23.8. The van der Waals surface area contributed by atoms with Gasteiger partial charge in [0.05, 0.1) is 17.0 Å². The zero-order valence-corrected chi connectivity index (χ0v) is 21.5. The molecule has 0 radical (unpaired) electrons. The maximum absolute atomic E-state index is 15.2. The number of carbonyl (C=O) groups excluding carboxylic acids is 2. The molecule has 0 saturated carbocycles. The molecule has 2 aliphatic heterocycles. The number of hydrogen-bond donors (Lipinski definition) is 0. The smallest absolute Gasteiger partial charge is 0.293 e. The lowest BCUT2D eigenvalue weighted by Gasteiger charge is -2.43. The van der Waals surface area contributed by atoms with Crippen LogP contribution in [0.4, 0.5) is 14.9 Å². The molecule has 0 spiro atoms. The Labute approximate surface area is 206 Å². The minimum Gasteiger partial charge on any atom is -0.362 e. The van der Waals surface area contributed by atoms with Crippen LogP contribution in [0, 0.1) is 5.82 Å². The van der Waals surface area contributed by atoms with Gasteiger partial charge in [0, 0.05) is 27.8 Å². The summed E-state index contributed by atoms with van der Waals surface area (Å²) in [7, 11) is 0. The third-order valence-electron chi connectivity index (χ3n) is 5.96. The van der Waals surface area contributed by atoms with Crippen LogP contribution in [0.2, 0.25) is 0 Å². The van der Waals surface area contributed by atoms with Crippen molar-refractivity contribution in [3.05, 3.63) is 74.4 Å². The fraction of sp³-hybridized carbons (Fsp3) is 0.308. The highest BCUT2D eigenvalue weighted by Crippen LogP contribution is 2.41. The number of anilines is 1. The first-order valence-corrected chi connectivity index (χ1v) is 12.5. The van der Waals surface area contributed by atoms with Crippen LogP contribution in [0.25, 0.3) is 11.6 Å². The fourth-order valence-electron chi connectivity index (χ4n) is 4.41. The molecule has 33 heavy (non-hydrogen) atoms. The normalized spacial score (nSPS) is 18.7. The lowest BCUT2D eigenvalue weighted by molar-refractivity contribution is -0.123. The maximum atomic E-state index is 15.2. The summed E-state index contributed by atoms with van der Waals surface area (Å²) in [5, 5.41) is -0.348. The summed E-state index contributed by atoms with van der Waals surface area (Å²) < 4.78 is 16.1. The monoisotopic (exact) mass is 528 g/mol. The zero-order chi connectivity index (χ0) is 23.9. The van der Waals surface area contributed by atoms with Gasteiger partial charge in [0.1, 0.15) is 5.82 Å². The third-order valence-corrected chi connectivity index (χ3v) is 7.39. The molecule has 4 rings (SSSR count). The van der Waals surface area contributed by atoms with Crippen molar-refractivity contribution in [2.24, 2.45) is 0 Å². The summed E-state index contributed by atoms with van der Waals surface area (Å²) >= 11 is 4.23. The van der Waals surface area contributed by atoms with Crippen LogP contribution in [-0.4, -0.2) is 28.1 Å². The molecule has 4 nitrogen and oxygen atoms in total. The summed E-state index contributed by atoms with van der Waals surface area (Å²) in [6.45, 7) is 9.39. The van der Waals surface area contributed by atoms with E-state index in [9.17, 15) is 9.59 Å². The van der Waals surface area contributed by atoms with E-state index in [-0.39, 0.29) is 22.2 Å². The molecule has 0 unspecified atom stereocenters. The van der Waals surface area contributed by atoms with Crippen LogP contribution in [0.5, 0.6) is 0 Å². The number of hydrogen-bond acceptors (Lipinski definition) is 4. The predicted molar refractivity (Wildman–Crippen MR) is 137 cm³/mol. The number of halogens is 2. The molecule has 172 valence electrons. The Bertz CT molecular complexity index is 1190. The van der Waals surface area contributed by atoms with E-state index in [1.54, 1.807) is 12.1 Å². The van der Waals surface area contributed by atoms with Crippen LogP contribution in [0.3, 0.4) is 0 Å². The third kappa shape index (κ3) is 4.66. The van der Waals surface area contributed by atoms with Gasteiger partial charge in [0.15, 0.2) is 0 Å². The molecule has 1 saturated heterocycles. The van der Waals surface area contributed by atoms with Gasteiger partial charge in [-0.15, -0.1) is 0 Å². The Kier molecular flexibility index (Phi) is 6.56. The number of carbonyl (C=O) groups is 2. The van der Waals surface area contributed by atoms with Gasteiger partial charge in [-0.2, -0.15) is 0 Å². The average molecular weight is 529 g/mol. The number of thioether (sulfide) groups is 1. The highest BCUT2D eigenvalue weighted by atomic mass is 79.9. The van der Waals surface area contributed by atoms with Crippen molar-refractivity contribution in [3.8, 4) is 0 Å². The molecule has 0 bridgehead atoms. The quantitative estimate of drug-likeness (QED) is 0.383. The van der Waals surface area contributed by atoms with Crippen LogP contribution in [0.15, 0.2) is 51.9 Å². The molecule has 2 amide bonds. The number of amides is 2. The largest absolute Gasteiger partial charge is 0.362 e. The van der Waals surface area contributed by atoms with E-state index in [0.717, 1.165) is 51.6 Å². The van der Waals surface area contributed by atoms with Gasteiger partial charge >= 0.3 is 0 Å². The van der Waals surface area contributed by atoms with E-state index in [1.165, 1.54) is 11.0 Å². The summed E-state index contributed by atoms with van der Waals surface area (Å²) in [6, 6.07) is 10.8. The summed E-state index contributed by atoms with van der Waals surface area (Å²) in [4.78, 5) is 29.1. The predicted octanol–water partition coefficient (Wildman–Crippen LogP) is 7.24. The molecule has 0 atom stereocenters. The van der Waals surface area contributed by atoms with Crippen molar-refractivity contribution < 1.29 is 14.0 Å². The summed E-state index contributed by atoms with van der Waals surface area (Å²) in [5.74, 6) is -0.800. The number of imide groups is 1. The van der Waals surface area contributed by atoms with E-state index in [4.69, 9.17) is 0 Å². The van der Waals surface area contributed by atoms with Crippen molar-refractivity contribution in [1.29, 1.82) is 0 Å². The molecule has 0 aromatic heterocycles. The number of fused-ring (bicyclic) bond motifs is 1. The molecule has 2 aromatic carbocycles. The van der Waals surface area contributed by atoms with E-state index in [1.807, 2.05) is 31.2 Å². The number of nitrogens with zero attached hydrogens (tertiary/aromatic N) is 2. The van der Waals surface area contributed by atoms with E-state index < -0.39 is 11.7 Å². The molecule has 7 heteroatoms. The van der Waals surface area contributed by atoms with Gasteiger partial charge in [-0.1, -0.05) is 41.1 Å². The van der Waals surface area contributed by atoms with Crippen molar-refractivity contribution in [1.82, 2.24) is 4.90 Å². The molecule has 0 N–H and O–H groups in total. The summed E-state index contributed by atoms with van der Waals surface area (Å²) in [6.07, 6.45) is 4.64. The van der Waals surface area contributed by atoms with E-state index in [0.29, 0.717) is 5.56 Å². The van der Waals surface area contributed by atoms with Crippen LogP contribution >= 0.6 is 27.7 Å². The van der Waals surface area contributed by atoms with Crippen LogP contribution < -0.4 is 4.90 Å². The molecule has 0 aliphatic carbocycles. The second-order valence-corrected chi connectivity index (χ2v) is 10.8. The minimum absolute atomic E-state index is 0.185. The lowest BCUT2D eigenvalue weighted by Crippen LogP contribution is -2.45. The van der Waals surface area contributed by atoms with E-state index >= 15 is 4.39 Å². The van der Waals surface area contributed by atoms with Gasteiger partial charge in [0.2, 0.25) is 0 Å². The second-order valence-electron chi connectivity index (χ2n) is 8.92. The molecular formula is C26H26BrFN2O2S. The summed E-state index contributed by atoms with van der Waals surface area (Å²) in [5.41, 5.74) is 3.83. The molecule has 1 fully saturated rings. The number of allylic oxidation sites excluding steroid dienone is 1. The van der Waals surface area contributed by atoms with Gasteiger partial charge in [-0.3, -0.25) is 14.5 Å². The van der Waals surface area contributed by atoms with Gasteiger partial charge in [0.25, 0.3) is 11.1 Å². The first-order chi connectivity index (χ1) is 15.6. The van der Waals surface area contributed by atoms with Crippen molar-refractivity contribution >= 4 is 56.2 Å². The SMILES string of the molecule is CCCN1c2cc(F)c(/C=C3/SC(=O)N(Cc4ccc(Br)cc4)C3=O)cc2C(C)=CC1(C)C. The Morgan fingerprint density at radius 1 is 1.15 bits per heavy atom. The maximum Gasteiger partial charge on any atom is 0.293 e. The second kappa shape index (κ2) is 9.11. The Balaban J connectivity index is 1.66. The molecule has 2 aromatic rings. The fourth-order valence-corrected chi connectivity index (χ4v) is 5.50. The van der Waals surface area contributed by atoms with Gasteiger partial charge < -0.3 is 4.90 Å². The lowest BCUT2D eigenvalue weighted by atomic mass is 9.87. The Hall–Kier alpha value is -2.38. The van der Waals surface area contributed by atoms with Crippen LogP contribution in [0.1, 0.15) is 50.8 Å². The standard InChI is InChI=1S/C26H26BrFN2O2S/c1-5-10-30-22-13-21(28)18(11-20(22)16(2)14-26(30,3)4)12-23-24(31)29(25(32)33-23)15-17-6-8-19(27)9-7-17/h6-9,11-14H,5,10,15H2,1-4H3/b23-12+. The number of rotatable bonds is 5. The molecular weight excluding hydrogens is 503 g/mol. The number of benzene rings is 2. The topological polar surface area (TPSA) is 40.6 Å². The van der Waals surface area contributed by atoms with Crippen molar-refractivity contribution in [3.63, 3.8) is 0 Å². The Morgan fingerprint density at radius 2 is 1.85 bits per heavy atom. The molecule has 2 aliphatic rings. The minimum atomic E-state index is -0.403. The first-order valence-electron chi connectivity index (χ1n) is 10.9. The van der Waals surface area contributed by atoms with Crippen molar-refractivity contribution in [2.75, 3.05) is 11.4 Å². The molecule has 2 heterocycles. The van der Waals surface area contributed by atoms with Gasteiger partial charge in [-0.05, 0) is 80.4 Å². The zero-order valence-electron chi connectivity index (χ0n) is 19.1. The average Bonchev–Trinajstić information content (AvgIpc) is 3.00. The highest BCUT2D eigenvalue weighted by Gasteiger charge is 2.36. The highest BCUT2D eigenvalue weighted by molar-refractivity contribution is 9.10. The Morgan fingerprint density at radius 3 is 2.52 bits per heavy atom. The van der Waals surface area contributed by atoms with Gasteiger partial charge in [-0.25, -0.2) is 4.39 Å². The van der Waals surface area contributed by atoms with Crippen molar-refractivity contribution in [2.45, 2.75) is 46.2 Å². The van der Waals surface area contributed by atoms with E-state index in [2.05, 4.69) is 47.7 Å². The van der Waals surface area contributed by atoms with Crippen LogP contribution in [-0.2, 0) is 11.3 Å².